The van der Waals surface area contributed by atoms with E-state index in [4.69, 9.17) is 9.47 Å². The second kappa shape index (κ2) is 11.3. The minimum atomic E-state index is -5.04. The summed E-state index contributed by atoms with van der Waals surface area (Å²) in [7, 11) is 1.63. The molecular weight excluding hydrogens is 479 g/mol. The van der Waals surface area contributed by atoms with Crippen LogP contribution in [0.2, 0.25) is 0 Å². The van der Waals surface area contributed by atoms with Gasteiger partial charge in [0.25, 0.3) is 0 Å². The maximum absolute atomic E-state index is 13.4. The number of rotatable bonds is 13. The minimum Gasteiger partial charge on any atom is -0.496 e. The van der Waals surface area contributed by atoms with Crippen molar-refractivity contribution in [1.82, 2.24) is 0 Å². The third kappa shape index (κ3) is 7.04. The molecule has 0 aliphatic carbocycles. The number of unbranched alkanes of at least 4 members (excludes halogenated alkanes) is 2. The van der Waals surface area contributed by atoms with Gasteiger partial charge in [0.2, 0.25) is 0 Å². The van der Waals surface area contributed by atoms with Gasteiger partial charge in [0.1, 0.15) is 11.5 Å². The maximum atomic E-state index is 13.4. The number of ether oxygens (including phenoxy) is 3. The lowest BCUT2D eigenvalue weighted by Crippen LogP contribution is -2.34. The van der Waals surface area contributed by atoms with Crippen LogP contribution in [0.25, 0.3) is 20.5 Å². The molecule has 0 aliphatic rings. The summed E-state index contributed by atoms with van der Waals surface area (Å²) in [6, 6.07) is 13.2. The molecule has 1 heterocycles. The van der Waals surface area contributed by atoms with E-state index in [1.54, 1.807) is 25.3 Å². The van der Waals surface area contributed by atoms with Crippen LogP contribution >= 0.6 is 11.3 Å². The summed E-state index contributed by atoms with van der Waals surface area (Å²) in [5.74, 6) is 1.05. The third-order valence-electron chi connectivity index (χ3n) is 5.11. The molecule has 0 amide bonds. The summed E-state index contributed by atoms with van der Waals surface area (Å²) in [5.41, 5.74) is 2.15. The number of fused-ring (bicyclic) bond motifs is 1. The standard InChI is InChI=1S/C24H25F5O4S/c1-3-4-5-6-16-7-10-19(20(13-16)30-2)22-14-17-8-9-18(15-21(17)34-22)31-12-11-23(25,26)32-24(27,28)33-29/h7-10,13-15H,3-6,11-12H2,1-2H3. The molecular formula is C24H25F5O4S. The SMILES string of the molecule is CCCCCc1ccc(-c2cc3ccc(OCCC(F)(F)OC(F)(F)OF)cc3s2)c(OC)c1. The van der Waals surface area contributed by atoms with Crippen LogP contribution in [0.3, 0.4) is 0 Å². The molecule has 0 bridgehead atoms. The van der Waals surface area contributed by atoms with E-state index in [2.05, 4.69) is 22.7 Å². The van der Waals surface area contributed by atoms with Crippen molar-refractivity contribution in [3.8, 4) is 21.9 Å². The summed E-state index contributed by atoms with van der Waals surface area (Å²) in [4.78, 5) is 3.06. The summed E-state index contributed by atoms with van der Waals surface area (Å²) in [6.07, 6.45) is -6.16. The van der Waals surface area contributed by atoms with Gasteiger partial charge in [-0.25, -0.2) is 4.74 Å². The van der Waals surface area contributed by atoms with Crippen molar-refractivity contribution in [3.63, 3.8) is 0 Å². The molecule has 0 unspecified atom stereocenters. The molecule has 0 saturated carbocycles. The topological polar surface area (TPSA) is 36.9 Å². The Morgan fingerprint density at radius 3 is 2.47 bits per heavy atom. The normalized spacial score (nSPS) is 12.3. The number of hydrogen-bond donors (Lipinski definition) is 0. The summed E-state index contributed by atoms with van der Waals surface area (Å²) in [6.45, 7) is 1.53. The molecule has 1 aromatic heterocycles. The highest BCUT2D eigenvalue weighted by Crippen LogP contribution is 2.40. The predicted octanol–water partition coefficient (Wildman–Crippen LogP) is 8.14. The van der Waals surface area contributed by atoms with E-state index in [9.17, 15) is 22.1 Å². The fraction of sp³-hybridized carbons (Fsp3) is 0.417. The molecule has 0 aliphatic heterocycles. The van der Waals surface area contributed by atoms with Crippen molar-refractivity contribution in [2.75, 3.05) is 13.7 Å². The van der Waals surface area contributed by atoms with Crippen molar-refractivity contribution in [1.29, 1.82) is 0 Å². The molecule has 2 aromatic carbocycles. The van der Waals surface area contributed by atoms with Gasteiger partial charge in [-0.3, -0.25) is 0 Å². The van der Waals surface area contributed by atoms with Crippen molar-refractivity contribution in [2.45, 2.75) is 51.4 Å². The zero-order chi connectivity index (χ0) is 24.8. The maximum Gasteiger partial charge on any atom is 0.521 e. The van der Waals surface area contributed by atoms with Crippen LogP contribution in [-0.2, 0) is 16.1 Å². The summed E-state index contributed by atoms with van der Waals surface area (Å²) in [5, 5.41) is 0.926. The van der Waals surface area contributed by atoms with Gasteiger partial charge >= 0.3 is 12.4 Å². The second-order valence-electron chi connectivity index (χ2n) is 7.68. The first-order chi connectivity index (χ1) is 16.2. The molecule has 0 N–H and O–H groups in total. The fourth-order valence-electron chi connectivity index (χ4n) is 3.44. The molecule has 0 radical (unpaired) electrons. The van der Waals surface area contributed by atoms with Crippen molar-refractivity contribution < 1.29 is 41.2 Å². The van der Waals surface area contributed by atoms with Crippen LogP contribution in [0.5, 0.6) is 11.5 Å². The van der Waals surface area contributed by atoms with Gasteiger partial charge in [-0.1, -0.05) is 30.8 Å². The number of thiophene rings is 1. The molecule has 10 heteroatoms. The molecule has 0 saturated heterocycles. The highest BCUT2D eigenvalue weighted by Gasteiger charge is 2.46. The average molecular weight is 505 g/mol. The van der Waals surface area contributed by atoms with E-state index in [0.717, 1.165) is 45.5 Å². The van der Waals surface area contributed by atoms with E-state index in [-0.39, 0.29) is 5.75 Å². The Labute approximate surface area is 198 Å². The molecule has 0 spiro atoms. The van der Waals surface area contributed by atoms with Crippen molar-refractivity contribution in [2.24, 2.45) is 0 Å². The van der Waals surface area contributed by atoms with Crippen molar-refractivity contribution >= 4 is 21.4 Å². The Hall–Kier alpha value is -2.43. The van der Waals surface area contributed by atoms with Crippen LogP contribution in [0, 0.1) is 0 Å². The Morgan fingerprint density at radius 2 is 1.76 bits per heavy atom. The van der Waals surface area contributed by atoms with Crippen LogP contribution < -0.4 is 9.47 Å². The molecule has 186 valence electrons. The van der Waals surface area contributed by atoms with Gasteiger partial charge in [-0.2, -0.15) is 8.78 Å². The number of hydrogen-bond acceptors (Lipinski definition) is 5. The van der Waals surface area contributed by atoms with E-state index in [0.29, 0.717) is 0 Å². The number of alkyl halides is 4. The van der Waals surface area contributed by atoms with Gasteiger partial charge in [-0.15, -0.1) is 20.1 Å². The van der Waals surface area contributed by atoms with Gasteiger partial charge in [-0.05, 0) is 64.7 Å². The summed E-state index contributed by atoms with van der Waals surface area (Å²) >= 11 is 1.48. The van der Waals surface area contributed by atoms with Gasteiger partial charge in [0.15, 0.2) is 0 Å². The Bertz CT molecular complexity index is 1090. The molecule has 3 rings (SSSR count). The summed E-state index contributed by atoms with van der Waals surface area (Å²) < 4.78 is 78.1. The molecule has 34 heavy (non-hydrogen) atoms. The van der Waals surface area contributed by atoms with Gasteiger partial charge in [0.05, 0.1) is 20.1 Å². The van der Waals surface area contributed by atoms with E-state index < -0.39 is 25.4 Å². The zero-order valence-corrected chi connectivity index (χ0v) is 19.5. The van der Waals surface area contributed by atoms with E-state index >= 15 is 0 Å². The van der Waals surface area contributed by atoms with Crippen molar-refractivity contribution in [3.05, 3.63) is 48.0 Å². The third-order valence-corrected chi connectivity index (χ3v) is 6.24. The van der Waals surface area contributed by atoms with Crippen LogP contribution in [0.15, 0.2) is 42.5 Å². The monoisotopic (exact) mass is 504 g/mol. The quantitative estimate of drug-likeness (QED) is 0.134. The highest BCUT2D eigenvalue weighted by molar-refractivity contribution is 7.22. The Kier molecular flexibility index (Phi) is 8.72. The first-order valence-corrected chi connectivity index (χ1v) is 11.6. The molecule has 4 nitrogen and oxygen atoms in total. The average Bonchev–Trinajstić information content (AvgIpc) is 3.21. The second-order valence-corrected chi connectivity index (χ2v) is 8.76. The Morgan fingerprint density at radius 1 is 0.971 bits per heavy atom. The molecule has 0 fully saturated rings. The Balaban J connectivity index is 1.69. The lowest BCUT2D eigenvalue weighted by molar-refractivity contribution is -0.516. The predicted molar refractivity (Wildman–Crippen MR) is 120 cm³/mol. The van der Waals surface area contributed by atoms with E-state index in [1.807, 2.05) is 18.2 Å². The van der Waals surface area contributed by atoms with Gasteiger partial charge in [0, 0.05) is 15.1 Å². The lowest BCUT2D eigenvalue weighted by Gasteiger charge is -2.20. The smallest absolute Gasteiger partial charge is 0.496 e. The minimum absolute atomic E-state index is 0.281. The van der Waals surface area contributed by atoms with Crippen LogP contribution in [0.4, 0.5) is 22.1 Å². The number of methoxy groups -OCH3 is 1. The highest BCUT2D eigenvalue weighted by atomic mass is 32.1. The van der Waals surface area contributed by atoms with Crippen LogP contribution in [0.1, 0.15) is 38.2 Å². The first kappa shape index (κ1) is 26.2. The number of aryl methyl sites for hydroxylation is 1. The first-order valence-electron chi connectivity index (χ1n) is 10.8. The molecule has 0 atom stereocenters. The van der Waals surface area contributed by atoms with Crippen LogP contribution in [-0.4, -0.2) is 26.1 Å². The van der Waals surface area contributed by atoms with E-state index in [1.165, 1.54) is 23.3 Å². The van der Waals surface area contributed by atoms with Gasteiger partial charge < -0.3 is 9.47 Å². The largest absolute Gasteiger partial charge is 0.521 e. The molecule has 3 aromatic rings. The number of halogens is 5. The fourth-order valence-corrected chi connectivity index (χ4v) is 4.56. The number of benzene rings is 2. The zero-order valence-electron chi connectivity index (χ0n) is 18.7. The lowest BCUT2D eigenvalue weighted by atomic mass is 10.0.